The summed E-state index contributed by atoms with van der Waals surface area (Å²) in [6.45, 7) is 4.12. The minimum absolute atomic E-state index is 0.0527. The smallest absolute Gasteiger partial charge is 0.0995 e. The van der Waals surface area contributed by atoms with Gasteiger partial charge in [-0.1, -0.05) is 40.9 Å². The summed E-state index contributed by atoms with van der Waals surface area (Å²) in [6, 6.07) is 5.92. The van der Waals surface area contributed by atoms with Gasteiger partial charge in [0.1, 0.15) is 0 Å². The molecule has 0 aliphatic heterocycles. The van der Waals surface area contributed by atoms with Crippen molar-refractivity contribution in [1.82, 2.24) is 5.32 Å². The third kappa shape index (κ3) is 3.09. The zero-order chi connectivity index (χ0) is 14.2. The lowest BCUT2D eigenvalue weighted by Gasteiger charge is -2.19. The number of aryl methyl sites for hydroxylation is 2. The van der Waals surface area contributed by atoms with E-state index in [4.69, 9.17) is 34.8 Å². The summed E-state index contributed by atoms with van der Waals surface area (Å²) in [4.78, 5) is 0. The molecule has 102 valence electrons. The fraction of sp³-hybridized carbons (Fsp3) is 0.286. The van der Waals surface area contributed by atoms with E-state index in [0.29, 0.717) is 8.67 Å². The molecule has 0 saturated carbocycles. The number of hydrogen-bond donors (Lipinski definition) is 1. The fourth-order valence-corrected chi connectivity index (χ4v) is 3.91. The van der Waals surface area contributed by atoms with Crippen LogP contribution in [0.1, 0.15) is 28.3 Å². The van der Waals surface area contributed by atoms with E-state index < -0.39 is 0 Å². The first-order valence-electron chi connectivity index (χ1n) is 5.82. The molecule has 0 saturated heterocycles. The Balaban J connectivity index is 2.54. The van der Waals surface area contributed by atoms with Crippen molar-refractivity contribution in [3.8, 4) is 0 Å². The van der Waals surface area contributed by atoms with Gasteiger partial charge < -0.3 is 5.32 Å². The van der Waals surface area contributed by atoms with Gasteiger partial charge in [-0.25, -0.2) is 0 Å². The molecule has 1 unspecified atom stereocenters. The van der Waals surface area contributed by atoms with Gasteiger partial charge in [-0.15, -0.1) is 11.3 Å². The molecule has 0 aliphatic carbocycles. The number of benzene rings is 1. The third-order valence-electron chi connectivity index (χ3n) is 3.21. The van der Waals surface area contributed by atoms with E-state index in [-0.39, 0.29) is 6.04 Å². The first-order chi connectivity index (χ1) is 8.93. The molecule has 1 nitrogen and oxygen atoms in total. The van der Waals surface area contributed by atoms with Crippen LogP contribution in [-0.2, 0) is 0 Å². The molecule has 0 amide bonds. The molecule has 1 heterocycles. The maximum Gasteiger partial charge on any atom is 0.0995 e. The van der Waals surface area contributed by atoms with Crippen LogP contribution in [0, 0.1) is 13.8 Å². The Bertz CT molecular complexity index is 607. The normalized spacial score (nSPS) is 12.7. The Morgan fingerprint density at radius 3 is 2.16 bits per heavy atom. The molecule has 0 radical (unpaired) electrons. The van der Waals surface area contributed by atoms with Gasteiger partial charge >= 0.3 is 0 Å². The molecule has 1 aromatic heterocycles. The largest absolute Gasteiger partial charge is 0.309 e. The average molecular weight is 335 g/mol. The van der Waals surface area contributed by atoms with Crippen molar-refractivity contribution < 1.29 is 0 Å². The van der Waals surface area contributed by atoms with Crippen molar-refractivity contribution in [1.29, 1.82) is 0 Å². The predicted molar refractivity (Wildman–Crippen MR) is 86.2 cm³/mol. The summed E-state index contributed by atoms with van der Waals surface area (Å²) in [5.41, 5.74) is 4.36. The van der Waals surface area contributed by atoms with Crippen molar-refractivity contribution >= 4 is 46.1 Å². The van der Waals surface area contributed by atoms with Crippen LogP contribution in [0.3, 0.4) is 0 Å². The number of hydrogen-bond acceptors (Lipinski definition) is 2. The topological polar surface area (TPSA) is 12.0 Å². The van der Waals surface area contributed by atoms with Crippen LogP contribution in [0.25, 0.3) is 0 Å². The highest BCUT2D eigenvalue weighted by atomic mass is 35.5. The maximum absolute atomic E-state index is 6.37. The minimum atomic E-state index is -0.0527. The second kappa shape index (κ2) is 6.02. The number of halogens is 3. The standard InChI is InChI=1S/C14H14Cl3NS/c1-7-4-9(11(15)5-8(7)2)13(18-3)10-6-12(16)19-14(10)17/h4-6,13,18H,1-3H3. The van der Waals surface area contributed by atoms with Gasteiger partial charge in [-0.3, -0.25) is 0 Å². The van der Waals surface area contributed by atoms with Gasteiger partial charge in [0.15, 0.2) is 0 Å². The summed E-state index contributed by atoms with van der Waals surface area (Å²) in [5, 5.41) is 3.99. The van der Waals surface area contributed by atoms with Crippen LogP contribution in [0.15, 0.2) is 18.2 Å². The molecule has 2 rings (SSSR count). The van der Waals surface area contributed by atoms with Gasteiger partial charge in [-0.05, 0) is 49.7 Å². The van der Waals surface area contributed by atoms with Gasteiger partial charge in [0.05, 0.1) is 14.7 Å². The van der Waals surface area contributed by atoms with E-state index >= 15 is 0 Å². The zero-order valence-electron chi connectivity index (χ0n) is 10.9. The highest BCUT2D eigenvalue weighted by Crippen LogP contribution is 2.39. The predicted octanol–water partition coefficient (Wildman–Crippen LogP) is 5.63. The Hall–Kier alpha value is -0.250. The second-order valence-corrected chi connectivity index (χ2v) is 7.15. The Labute approximate surface area is 132 Å². The maximum atomic E-state index is 6.37. The second-order valence-electron chi connectivity index (χ2n) is 4.46. The summed E-state index contributed by atoms with van der Waals surface area (Å²) < 4.78 is 1.37. The Morgan fingerprint density at radius 2 is 1.63 bits per heavy atom. The zero-order valence-corrected chi connectivity index (χ0v) is 13.9. The molecule has 0 spiro atoms. The lowest BCUT2D eigenvalue weighted by molar-refractivity contribution is 0.694. The van der Waals surface area contributed by atoms with E-state index in [1.165, 1.54) is 22.5 Å². The van der Waals surface area contributed by atoms with Crippen molar-refractivity contribution in [3.63, 3.8) is 0 Å². The monoisotopic (exact) mass is 333 g/mol. The summed E-state index contributed by atoms with van der Waals surface area (Å²) >= 11 is 20.0. The minimum Gasteiger partial charge on any atom is -0.309 e. The van der Waals surface area contributed by atoms with Gasteiger partial charge in [0, 0.05) is 10.6 Å². The first kappa shape index (κ1) is 15.1. The van der Waals surface area contributed by atoms with Crippen LogP contribution < -0.4 is 5.32 Å². The first-order valence-corrected chi connectivity index (χ1v) is 7.77. The number of nitrogens with one attached hydrogen (secondary N) is 1. The Morgan fingerprint density at radius 1 is 1.00 bits per heavy atom. The molecule has 19 heavy (non-hydrogen) atoms. The summed E-state index contributed by atoms with van der Waals surface area (Å²) in [6.07, 6.45) is 0. The van der Waals surface area contributed by atoms with Crippen molar-refractivity contribution in [2.24, 2.45) is 0 Å². The third-order valence-corrected chi connectivity index (χ3v) is 5.05. The van der Waals surface area contributed by atoms with Gasteiger partial charge in [0.2, 0.25) is 0 Å². The van der Waals surface area contributed by atoms with E-state index in [2.05, 4.69) is 18.3 Å². The van der Waals surface area contributed by atoms with Crippen LogP contribution >= 0.6 is 46.1 Å². The summed E-state index contributed by atoms with van der Waals surface area (Å²) in [7, 11) is 1.89. The number of thiophene rings is 1. The lowest BCUT2D eigenvalue weighted by atomic mass is 9.97. The fourth-order valence-electron chi connectivity index (χ4n) is 2.05. The SMILES string of the molecule is CNC(c1cc(C)c(C)cc1Cl)c1cc(Cl)sc1Cl. The van der Waals surface area contributed by atoms with E-state index in [1.54, 1.807) is 0 Å². The van der Waals surface area contributed by atoms with E-state index in [1.807, 2.05) is 26.1 Å². The molecule has 1 N–H and O–H groups in total. The summed E-state index contributed by atoms with van der Waals surface area (Å²) in [5.74, 6) is 0. The molecule has 2 aromatic rings. The molecule has 5 heteroatoms. The van der Waals surface area contributed by atoms with Crippen LogP contribution in [0.4, 0.5) is 0 Å². The molecule has 1 atom stereocenters. The average Bonchev–Trinajstić information content (AvgIpc) is 2.66. The molecule has 0 fully saturated rings. The van der Waals surface area contributed by atoms with E-state index in [9.17, 15) is 0 Å². The van der Waals surface area contributed by atoms with Gasteiger partial charge in [-0.2, -0.15) is 0 Å². The molecule has 0 bridgehead atoms. The number of rotatable bonds is 3. The molecular formula is C14H14Cl3NS. The van der Waals surface area contributed by atoms with Crippen LogP contribution in [0.5, 0.6) is 0 Å². The Kier molecular flexibility index (Phi) is 4.80. The quantitative estimate of drug-likeness (QED) is 0.766. The van der Waals surface area contributed by atoms with Crippen molar-refractivity contribution in [2.45, 2.75) is 19.9 Å². The molecule has 1 aromatic carbocycles. The lowest BCUT2D eigenvalue weighted by Crippen LogP contribution is -2.18. The highest BCUT2D eigenvalue weighted by molar-refractivity contribution is 7.20. The van der Waals surface area contributed by atoms with E-state index in [0.717, 1.165) is 16.1 Å². The molecular weight excluding hydrogens is 321 g/mol. The van der Waals surface area contributed by atoms with Crippen LogP contribution in [0.2, 0.25) is 13.7 Å². The molecule has 0 aliphatic rings. The van der Waals surface area contributed by atoms with Gasteiger partial charge in [0.25, 0.3) is 0 Å². The highest BCUT2D eigenvalue weighted by Gasteiger charge is 2.20. The van der Waals surface area contributed by atoms with Crippen molar-refractivity contribution in [3.05, 3.63) is 54.1 Å². The van der Waals surface area contributed by atoms with Crippen LogP contribution in [-0.4, -0.2) is 7.05 Å². The van der Waals surface area contributed by atoms with Crippen molar-refractivity contribution in [2.75, 3.05) is 7.05 Å².